The molecule has 0 bridgehead atoms. The smallest absolute Gasteiger partial charge is 0.0108 e. The minimum Gasteiger partial charge on any atom is -0.329 e. The molecular weight excluding hydrogens is 152 g/mol. The maximum Gasteiger partial charge on any atom is 0.0108 e. The van der Waals surface area contributed by atoms with Gasteiger partial charge in [0.1, 0.15) is 0 Å². The van der Waals surface area contributed by atoms with E-state index in [2.05, 4.69) is 17.1 Å². The van der Waals surface area contributed by atoms with Gasteiger partial charge in [-0.1, -0.05) is 6.92 Å². The van der Waals surface area contributed by atoms with E-state index in [1.165, 1.54) is 0 Å². The Kier molecular flexibility index (Phi) is 8.81. The molecule has 74 valence electrons. The number of hydrogen-bond donors (Lipinski definition) is 3. The lowest BCUT2D eigenvalue weighted by atomic mass is 10.4. The van der Waals surface area contributed by atoms with Crippen molar-refractivity contribution in [2.45, 2.75) is 6.92 Å². The predicted octanol–water partition coefficient (Wildman–Crippen LogP) is -1.18. The second kappa shape index (κ2) is 8.93. The number of nitrogens with two attached hydrogens (primary N) is 2. The fraction of sp³-hybridized carbons (Fsp3) is 1.00. The number of rotatable bonds is 8. The van der Waals surface area contributed by atoms with E-state index >= 15 is 0 Å². The topological polar surface area (TPSA) is 67.3 Å². The molecule has 0 saturated heterocycles. The lowest BCUT2D eigenvalue weighted by Crippen LogP contribution is -2.38. The van der Waals surface area contributed by atoms with E-state index in [0.717, 1.165) is 32.7 Å². The lowest BCUT2D eigenvalue weighted by molar-refractivity contribution is 0.289. The Morgan fingerprint density at radius 1 is 1.08 bits per heavy atom. The molecular formula is C8H22N4. The highest BCUT2D eigenvalue weighted by molar-refractivity contribution is 4.60. The van der Waals surface area contributed by atoms with Crippen LogP contribution in [0.1, 0.15) is 6.92 Å². The summed E-state index contributed by atoms with van der Waals surface area (Å²) in [5.74, 6) is 0. The van der Waals surface area contributed by atoms with Gasteiger partial charge >= 0.3 is 0 Å². The Hall–Kier alpha value is -0.160. The molecule has 0 amide bonds. The molecule has 0 unspecified atom stereocenters. The van der Waals surface area contributed by atoms with E-state index in [1.54, 1.807) is 0 Å². The molecule has 0 aromatic heterocycles. The van der Waals surface area contributed by atoms with Gasteiger partial charge in [-0.15, -0.1) is 0 Å². The Labute approximate surface area is 75.3 Å². The number of likely N-dealkylation sites (N-methyl/N-ethyl adjacent to an activating group) is 1. The molecule has 5 N–H and O–H groups in total. The number of nitrogens with zero attached hydrogens (tertiary/aromatic N) is 1. The average molecular weight is 174 g/mol. The highest BCUT2D eigenvalue weighted by atomic mass is 15.1. The highest BCUT2D eigenvalue weighted by Gasteiger charge is 2.00. The summed E-state index contributed by atoms with van der Waals surface area (Å²) in [4.78, 5) is 2.28. The molecule has 12 heavy (non-hydrogen) atoms. The molecule has 0 saturated carbocycles. The highest BCUT2D eigenvalue weighted by Crippen LogP contribution is 1.83. The summed E-state index contributed by atoms with van der Waals surface area (Å²) >= 11 is 0. The third-order valence-corrected chi connectivity index (χ3v) is 1.75. The van der Waals surface area contributed by atoms with Crippen LogP contribution < -0.4 is 16.8 Å². The van der Waals surface area contributed by atoms with E-state index in [9.17, 15) is 0 Å². The van der Waals surface area contributed by atoms with Gasteiger partial charge in [-0.2, -0.15) is 0 Å². The van der Waals surface area contributed by atoms with Crippen LogP contribution in [0, 0.1) is 0 Å². The normalized spacial score (nSPS) is 11.0. The Morgan fingerprint density at radius 2 is 1.67 bits per heavy atom. The van der Waals surface area contributed by atoms with Crippen molar-refractivity contribution in [3.63, 3.8) is 0 Å². The molecule has 0 spiro atoms. The van der Waals surface area contributed by atoms with E-state index < -0.39 is 0 Å². The Bertz CT molecular complexity index is 81.1. The second-order valence-corrected chi connectivity index (χ2v) is 2.77. The zero-order valence-electron chi connectivity index (χ0n) is 8.05. The summed E-state index contributed by atoms with van der Waals surface area (Å²) in [5, 5.41) is 3.27. The van der Waals surface area contributed by atoms with Gasteiger partial charge in [-0.05, 0) is 6.54 Å². The van der Waals surface area contributed by atoms with Crippen LogP contribution in [-0.4, -0.2) is 50.7 Å². The van der Waals surface area contributed by atoms with Gasteiger partial charge in [0.05, 0.1) is 0 Å². The number of hydrogen-bond acceptors (Lipinski definition) is 4. The van der Waals surface area contributed by atoms with Crippen molar-refractivity contribution >= 4 is 0 Å². The van der Waals surface area contributed by atoms with Crippen LogP contribution in [0.4, 0.5) is 0 Å². The molecule has 0 aromatic carbocycles. The second-order valence-electron chi connectivity index (χ2n) is 2.77. The molecule has 0 radical (unpaired) electrons. The van der Waals surface area contributed by atoms with Crippen LogP contribution in [0.2, 0.25) is 0 Å². The van der Waals surface area contributed by atoms with Crippen molar-refractivity contribution in [2.24, 2.45) is 11.5 Å². The Balaban J connectivity index is 3.34. The molecule has 4 nitrogen and oxygen atoms in total. The fourth-order valence-electron chi connectivity index (χ4n) is 1.11. The minimum absolute atomic E-state index is 0.714. The molecule has 0 aliphatic carbocycles. The summed E-state index contributed by atoms with van der Waals surface area (Å²) in [6.45, 7) is 8.53. The first-order chi connectivity index (χ1) is 5.85. The van der Waals surface area contributed by atoms with Crippen molar-refractivity contribution < 1.29 is 0 Å². The van der Waals surface area contributed by atoms with Crippen molar-refractivity contribution in [1.29, 1.82) is 0 Å². The van der Waals surface area contributed by atoms with E-state index in [1.807, 2.05) is 0 Å². The van der Waals surface area contributed by atoms with Crippen LogP contribution in [-0.2, 0) is 0 Å². The summed E-state index contributed by atoms with van der Waals surface area (Å²) in [5.41, 5.74) is 10.9. The number of nitrogens with one attached hydrogen (secondary N) is 1. The van der Waals surface area contributed by atoms with Gasteiger partial charge in [-0.3, -0.25) is 4.90 Å². The largest absolute Gasteiger partial charge is 0.329 e. The average Bonchev–Trinajstić information content (AvgIpc) is 2.06. The van der Waals surface area contributed by atoms with Crippen LogP contribution in [0.25, 0.3) is 0 Å². The summed E-state index contributed by atoms with van der Waals surface area (Å²) in [6, 6.07) is 0. The van der Waals surface area contributed by atoms with Crippen LogP contribution in [0.5, 0.6) is 0 Å². The molecule has 4 heteroatoms. The first-order valence-electron chi connectivity index (χ1n) is 4.68. The standard InChI is InChI=1S/C8H22N4/c1-2-11-5-8-12(6-3-9)7-4-10/h11H,2-10H2,1H3. The van der Waals surface area contributed by atoms with Gasteiger partial charge < -0.3 is 16.8 Å². The first kappa shape index (κ1) is 11.8. The third kappa shape index (κ3) is 6.54. The van der Waals surface area contributed by atoms with Gasteiger partial charge in [0.15, 0.2) is 0 Å². The van der Waals surface area contributed by atoms with Gasteiger partial charge in [0.25, 0.3) is 0 Å². The van der Waals surface area contributed by atoms with Crippen molar-refractivity contribution in [3.05, 3.63) is 0 Å². The molecule has 0 aliphatic heterocycles. The molecule has 0 aliphatic rings. The van der Waals surface area contributed by atoms with E-state index in [-0.39, 0.29) is 0 Å². The van der Waals surface area contributed by atoms with E-state index in [0.29, 0.717) is 13.1 Å². The maximum atomic E-state index is 5.46. The van der Waals surface area contributed by atoms with Gasteiger partial charge in [-0.25, -0.2) is 0 Å². The predicted molar refractivity (Wildman–Crippen MR) is 53.1 cm³/mol. The van der Waals surface area contributed by atoms with Crippen LogP contribution in [0.3, 0.4) is 0 Å². The molecule has 0 rings (SSSR count). The fourth-order valence-corrected chi connectivity index (χ4v) is 1.11. The molecule has 0 atom stereocenters. The SMILES string of the molecule is CCNCCN(CCN)CCN. The zero-order chi connectivity index (χ0) is 9.23. The monoisotopic (exact) mass is 174 g/mol. The van der Waals surface area contributed by atoms with Crippen LogP contribution >= 0.6 is 0 Å². The maximum absolute atomic E-state index is 5.46. The molecule has 0 aromatic rings. The Morgan fingerprint density at radius 3 is 2.08 bits per heavy atom. The summed E-state index contributed by atoms with van der Waals surface area (Å²) in [6.07, 6.45) is 0. The van der Waals surface area contributed by atoms with Crippen molar-refractivity contribution in [3.8, 4) is 0 Å². The molecule has 0 heterocycles. The van der Waals surface area contributed by atoms with Crippen LogP contribution in [0.15, 0.2) is 0 Å². The minimum atomic E-state index is 0.714. The van der Waals surface area contributed by atoms with Gasteiger partial charge in [0.2, 0.25) is 0 Å². The third-order valence-electron chi connectivity index (χ3n) is 1.75. The van der Waals surface area contributed by atoms with E-state index in [4.69, 9.17) is 11.5 Å². The van der Waals surface area contributed by atoms with Crippen molar-refractivity contribution in [1.82, 2.24) is 10.2 Å². The zero-order valence-corrected chi connectivity index (χ0v) is 8.05. The summed E-state index contributed by atoms with van der Waals surface area (Å²) in [7, 11) is 0. The quantitative estimate of drug-likeness (QED) is 0.405. The summed E-state index contributed by atoms with van der Waals surface area (Å²) < 4.78 is 0. The van der Waals surface area contributed by atoms with Gasteiger partial charge in [0, 0.05) is 39.3 Å². The first-order valence-corrected chi connectivity index (χ1v) is 4.68. The molecule has 0 fully saturated rings. The van der Waals surface area contributed by atoms with Crippen molar-refractivity contribution in [2.75, 3.05) is 45.8 Å². The lowest BCUT2D eigenvalue weighted by Gasteiger charge is -2.20.